The molecule has 0 spiro atoms. The summed E-state index contributed by atoms with van der Waals surface area (Å²) in [5, 5.41) is 10.9. The molecular formula is C24H24N8O2. The quantitative estimate of drug-likeness (QED) is 0.413. The largest absolute Gasteiger partial charge is 0.345 e. The van der Waals surface area contributed by atoms with Gasteiger partial charge in [-0.05, 0) is 23.3 Å². The minimum absolute atomic E-state index is 0.0253. The number of imidazole rings is 1. The second kappa shape index (κ2) is 8.22. The fourth-order valence-corrected chi connectivity index (χ4v) is 3.56. The monoisotopic (exact) mass is 456 g/mol. The van der Waals surface area contributed by atoms with E-state index in [4.69, 9.17) is 4.52 Å². The highest BCUT2D eigenvalue weighted by molar-refractivity contribution is 5.92. The van der Waals surface area contributed by atoms with Crippen LogP contribution in [-0.4, -0.2) is 40.8 Å². The molecule has 0 bridgehead atoms. The van der Waals surface area contributed by atoms with Crippen molar-refractivity contribution < 1.29 is 9.32 Å². The number of pyridine rings is 1. The van der Waals surface area contributed by atoms with E-state index in [1.807, 2.05) is 64.3 Å². The molecule has 0 aliphatic carbocycles. The third-order valence-electron chi connectivity index (χ3n) is 5.33. The maximum atomic E-state index is 12.5. The van der Waals surface area contributed by atoms with E-state index in [2.05, 4.69) is 35.5 Å². The van der Waals surface area contributed by atoms with Crippen LogP contribution in [0, 0.1) is 0 Å². The summed E-state index contributed by atoms with van der Waals surface area (Å²) in [7, 11) is 1.86. The van der Waals surface area contributed by atoms with E-state index < -0.39 is 0 Å². The van der Waals surface area contributed by atoms with E-state index in [0.29, 0.717) is 23.9 Å². The molecule has 0 unspecified atom stereocenters. The standard InChI is InChI=1S/C24H24N8O2/c1-24(2,3)23-30-21(31-34-23)22(33)26-11-14-6-5-7-15(10-14)17-8-9-25-20-18(17)28-19(29-20)16-12-27-32(4)13-16/h5-10,12-13H,11H2,1-4H3,(H,26,33)(H,25,28,29). The number of amides is 1. The molecule has 34 heavy (non-hydrogen) atoms. The molecule has 0 aliphatic heterocycles. The first-order valence-corrected chi connectivity index (χ1v) is 10.8. The van der Waals surface area contributed by atoms with Crippen molar-refractivity contribution in [1.29, 1.82) is 0 Å². The average molecular weight is 457 g/mol. The van der Waals surface area contributed by atoms with E-state index in [1.54, 1.807) is 17.1 Å². The molecule has 10 heteroatoms. The van der Waals surface area contributed by atoms with Crippen LogP contribution < -0.4 is 5.32 Å². The maximum Gasteiger partial charge on any atom is 0.292 e. The van der Waals surface area contributed by atoms with Gasteiger partial charge in [-0.3, -0.25) is 9.48 Å². The zero-order valence-corrected chi connectivity index (χ0v) is 19.3. The van der Waals surface area contributed by atoms with Crippen molar-refractivity contribution in [3.8, 4) is 22.5 Å². The van der Waals surface area contributed by atoms with Gasteiger partial charge in [0.1, 0.15) is 5.82 Å². The van der Waals surface area contributed by atoms with Gasteiger partial charge in [0.15, 0.2) is 5.65 Å². The highest BCUT2D eigenvalue weighted by atomic mass is 16.5. The van der Waals surface area contributed by atoms with Gasteiger partial charge in [-0.1, -0.05) is 44.1 Å². The van der Waals surface area contributed by atoms with Crippen LogP contribution in [0.4, 0.5) is 0 Å². The number of fused-ring (bicyclic) bond motifs is 1. The molecule has 5 rings (SSSR count). The predicted molar refractivity (Wildman–Crippen MR) is 126 cm³/mol. The average Bonchev–Trinajstić information content (AvgIpc) is 3.55. The van der Waals surface area contributed by atoms with Crippen LogP contribution in [0.1, 0.15) is 42.8 Å². The van der Waals surface area contributed by atoms with Crippen LogP contribution in [0.5, 0.6) is 0 Å². The van der Waals surface area contributed by atoms with Gasteiger partial charge >= 0.3 is 0 Å². The highest BCUT2D eigenvalue weighted by Crippen LogP contribution is 2.29. The Labute approximate surface area is 195 Å². The lowest BCUT2D eigenvalue weighted by molar-refractivity contribution is 0.0937. The summed E-state index contributed by atoms with van der Waals surface area (Å²) in [5.74, 6) is 0.774. The minimum atomic E-state index is -0.384. The van der Waals surface area contributed by atoms with Crippen molar-refractivity contribution in [2.24, 2.45) is 7.05 Å². The fourth-order valence-electron chi connectivity index (χ4n) is 3.56. The lowest BCUT2D eigenvalue weighted by Crippen LogP contribution is -2.24. The molecule has 0 fully saturated rings. The third-order valence-corrected chi connectivity index (χ3v) is 5.33. The van der Waals surface area contributed by atoms with Crippen molar-refractivity contribution in [1.82, 2.24) is 40.2 Å². The van der Waals surface area contributed by atoms with Crippen molar-refractivity contribution in [3.05, 3.63) is 66.2 Å². The summed E-state index contributed by atoms with van der Waals surface area (Å²) in [6.07, 6.45) is 5.40. The lowest BCUT2D eigenvalue weighted by Gasteiger charge is -2.10. The Kier molecular flexibility index (Phi) is 5.20. The summed E-state index contributed by atoms with van der Waals surface area (Å²) in [4.78, 5) is 29.1. The van der Waals surface area contributed by atoms with Crippen LogP contribution in [0.2, 0.25) is 0 Å². The Bertz CT molecular complexity index is 1490. The summed E-state index contributed by atoms with van der Waals surface area (Å²) in [6.45, 7) is 6.17. The third kappa shape index (κ3) is 4.17. The summed E-state index contributed by atoms with van der Waals surface area (Å²) in [5.41, 5.74) is 4.91. The molecule has 0 radical (unpaired) electrons. The molecule has 4 aromatic heterocycles. The molecule has 0 aliphatic rings. The number of aromatic amines is 1. The van der Waals surface area contributed by atoms with Crippen molar-refractivity contribution in [3.63, 3.8) is 0 Å². The summed E-state index contributed by atoms with van der Waals surface area (Å²) in [6, 6.07) is 9.88. The smallest absolute Gasteiger partial charge is 0.292 e. The molecular weight excluding hydrogens is 432 g/mol. The number of aryl methyl sites for hydroxylation is 1. The summed E-state index contributed by atoms with van der Waals surface area (Å²) >= 11 is 0. The van der Waals surface area contributed by atoms with Crippen LogP contribution in [0.3, 0.4) is 0 Å². The number of benzene rings is 1. The number of hydrogen-bond donors (Lipinski definition) is 2. The summed E-state index contributed by atoms with van der Waals surface area (Å²) < 4.78 is 6.94. The van der Waals surface area contributed by atoms with Crippen molar-refractivity contribution >= 4 is 17.1 Å². The zero-order valence-electron chi connectivity index (χ0n) is 19.3. The zero-order chi connectivity index (χ0) is 23.9. The first kappa shape index (κ1) is 21.5. The number of rotatable bonds is 5. The molecule has 5 aromatic rings. The normalized spacial score (nSPS) is 11.8. The second-order valence-electron chi connectivity index (χ2n) is 9.10. The Morgan fingerprint density at radius 1 is 1.18 bits per heavy atom. The molecule has 0 saturated carbocycles. The lowest BCUT2D eigenvalue weighted by atomic mass is 9.97. The molecule has 0 saturated heterocycles. The first-order chi connectivity index (χ1) is 16.3. The van der Waals surface area contributed by atoms with Gasteiger partial charge < -0.3 is 14.8 Å². The fraction of sp³-hybridized carbons (Fsp3) is 0.250. The number of aromatic nitrogens is 7. The Balaban J connectivity index is 1.37. The van der Waals surface area contributed by atoms with Crippen LogP contribution in [0.15, 0.2) is 53.4 Å². The second-order valence-corrected chi connectivity index (χ2v) is 9.10. The predicted octanol–water partition coefficient (Wildman–Crippen LogP) is 3.64. The van der Waals surface area contributed by atoms with Gasteiger partial charge in [-0.2, -0.15) is 10.1 Å². The van der Waals surface area contributed by atoms with Gasteiger partial charge in [0, 0.05) is 37.0 Å². The molecule has 2 N–H and O–H groups in total. The Morgan fingerprint density at radius 3 is 2.76 bits per heavy atom. The van der Waals surface area contributed by atoms with Gasteiger partial charge in [0.05, 0.1) is 17.3 Å². The SMILES string of the molecule is Cn1cc(-c2nc3nccc(-c4cccc(CNC(=O)c5noc(C(C)(C)C)n5)c4)c3[nH]2)cn1. The van der Waals surface area contributed by atoms with Crippen molar-refractivity contribution in [2.45, 2.75) is 32.7 Å². The highest BCUT2D eigenvalue weighted by Gasteiger charge is 2.24. The van der Waals surface area contributed by atoms with E-state index in [0.717, 1.165) is 27.8 Å². The minimum Gasteiger partial charge on any atom is -0.345 e. The first-order valence-electron chi connectivity index (χ1n) is 10.8. The van der Waals surface area contributed by atoms with Crippen LogP contribution in [0.25, 0.3) is 33.7 Å². The van der Waals surface area contributed by atoms with Crippen LogP contribution in [-0.2, 0) is 19.0 Å². The topological polar surface area (TPSA) is 127 Å². The number of hydrogen-bond acceptors (Lipinski definition) is 7. The van der Waals surface area contributed by atoms with Gasteiger partial charge in [-0.15, -0.1) is 0 Å². The Morgan fingerprint density at radius 2 is 2.03 bits per heavy atom. The Hall–Kier alpha value is -4.34. The van der Waals surface area contributed by atoms with E-state index in [-0.39, 0.29) is 17.1 Å². The van der Waals surface area contributed by atoms with Crippen molar-refractivity contribution in [2.75, 3.05) is 0 Å². The van der Waals surface area contributed by atoms with Gasteiger partial charge in [0.2, 0.25) is 5.89 Å². The van der Waals surface area contributed by atoms with Gasteiger partial charge in [-0.25, -0.2) is 9.97 Å². The molecule has 0 atom stereocenters. The van der Waals surface area contributed by atoms with Gasteiger partial charge in [0.25, 0.3) is 11.7 Å². The number of carbonyl (C=O) groups excluding carboxylic acids is 1. The van der Waals surface area contributed by atoms with Crippen LogP contribution >= 0.6 is 0 Å². The number of carbonyl (C=O) groups is 1. The van der Waals surface area contributed by atoms with E-state index in [9.17, 15) is 4.79 Å². The van der Waals surface area contributed by atoms with E-state index in [1.165, 1.54) is 0 Å². The molecule has 172 valence electrons. The molecule has 10 nitrogen and oxygen atoms in total. The number of nitrogens with one attached hydrogen (secondary N) is 2. The number of nitrogens with zero attached hydrogens (tertiary/aromatic N) is 6. The molecule has 1 aromatic carbocycles. The maximum absolute atomic E-state index is 12.5. The number of H-pyrrole nitrogens is 1. The van der Waals surface area contributed by atoms with E-state index >= 15 is 0 Å². The molecule has 1 amide bonds. The molecule has 4 heterocycles.